The number of likely N-dealkylation sites (N-methyl/N-ethyl adjacent to an activating group) is 1. The first kappa shape index (κ1) is 72.4. The molecule has 0 aromatic rings. The first-order valence-electron chi connectivity index (χ1n) is 30.3. The molecule has 10 heteroatoms. The van der Waals surface area contributed by atoms with E-state index in [0.29, 0.717) is 17.4 Å². The van der Waals surface area contributed by atoms with Crippen molar-refractivity contribution in [3.63, 3.8) is 0 Å². The van der Waals surface area contributed by atoms with Crippen LogP contribution in [-0.4, -0.2) is 74.9 Å². The van der Waals surface area contributed by atoms with Crippen LogP contribution >= 0.6 is 7.82 Å². The number of hydrogen-bond acceptors (Lipinski definition) is 7. The number of ether oxygens (including phenoxy) is 2. The van der Waals surface area contributed by atoms with Crippen molar-refractivity contribution < 1.29 is 42.1 Å². The molecular formula is C66H113NO8P+. The quantitative estimate of drug-likeness (QED) is 0.0211. The number of nitrogens with zero attached hydrogens (tertiary/aromatic N) is 1. The van der Waals surface area contributed by atoms with E-state index in [1.54, 1.807) is 0 Å². The van der Waals surface area contributed by atoms with Gasteiger partial charge in [-0.3, -0.25) is 18.6 Å². The SMILES string of the molecule is CC/C=C\C/C=C\C/C=C\C/C=C\C/C=C\C/C=C\CCCCCCCCCCCCC(=O)OC(COC(=O)CCCCCCCCCCCC/C=C\C/C=C\C/C=C\C/C=C\CC)COP(=O)(O)OCC[N+](C)(C)C. The Hall–Kier alpha value is -3.59. The summed E-state index contributed by atoms with van der Waals surface area (Å²) in [5.74, 6) is -0.812. The van der Waals surface area contributed by atoms with Crippen LogP contribution < -0.4 is 0 Å². The van der Waals surface area contributed by atoms with Crippen LogP contribution in [0.25, 0.3) is 0 Å². The third-order valence-electron chi connectivity index (χ3n) is 12.5. The molecule has 0 amide bonds. The Morgan fingerprint density at radius 3 is 1.05 bits per heavy atom. The number of phosphoric acid groups is 1. The minimum Gasteiger partial charge on any atom is -0.462 e. The van der Waals surface area contributed by atoms with Gasteiger partial charge in [0.15, 0.2) is 6.10 Å². The molecule has 0 aliphatic heterocycles. The van der Waals surface area contributed by atoms with E-state index in [9.17, 15) is 19.0 Å². The molecule has 0 spiro atoms. The predicted octanol–water partition coefficient (Wildman–Crippen LogP) is 19.1. The number of hydrogen-bond donors (Lipinski definition) is 1. The van der Waals surface area contributed by atoms with Crippen LogP contribution in [0.1, 0.15) is 232 Å². The molecule has 2 unspecified atom stereocenters. The van der Waals surface area contributed by atoms with E-state index in [4.69, 9.17) is 18.5 Å². The zero-order valence-corrected chi connectivity index (χ0v) is 50.1. The first-order valence-corrected chi connectivity index (χ1v) is 31.8. The van der Waals surface area contributed by atoms with Crippen LogP contribution in [0.3, 0.4) is 0 Å². The van der Waals surface area contributed by atoms with Gasteiger partial charge in [-0.15, -0.1) is 0 Å². The standard InChI is InChI=1S/C66H112NO8P/c1-6-8-10-12-14-16-18-20-22-24-26-28-30-31-32-33-34-35-37-39-41-43-45-47-49-51-53-55-57-59-66(69)75-64(63-74-76(70,71)73-61-60-67(3,4)5)62-72-65(68)58-56-54-52-50-48-46-44-42-40-38-36-29-27-25-23-21-19-17-15-13-11-9-7-2/h8-11,14-17,20-23,26-29,31-32,34-35,64H,6-7,12-13,18-19,24-25,30,33,36-63H2,1-5H3/p+1/b10-8-,11-9-,16-14-,17-15-,22-20-,23-21-,28-26-,29-27-,32-31-,35-34-. The molecule has 0 saturated carbocycles. The maximum absolute atomic E-state index is 12.8. The zero-order chi connectivity index (χ0) is 55.6. The number of quaternary nitrogens is 1. The van der Waals surface area contributed by atoms with Crippen LogP contribution in [0.2, 0.25) is 0 Å². The van der Waals surface area contributed by atoms with Gasteiger partial charge < -0.3 is 18.9 Å². The van der Waals surface area contributed by atoms with E-state index in [1.807, 2.05) is 21.1 Å². The summed E-state index contributed by atoms with van der Waals surface area (Å²) in [6, 6.07) is 0. The highest BCUT2D eigenvalue weighted by Gasteiger charge is 2.27. The Labute approximate surface area is 467 Å². The fourth-order valence-corrected chi connectivity index (χ4v) is 8.63. The molecule has 0 aliphatic carbocycles. The average molecular weight is 1080 g/mol. The Balaban J connectivity index is 4.19. The molecule has 0 heterocycles. The van der Waals surface area contributed by atoms with Crippen LogP contribution in [0.4, 0.5) is 0 Å². The smallest absolute Gasteiger partial charge is 0.462 e. The summed E-state index contributed by atoms with van der Waals surface area (Å²) in [5, 5.41) is 0. The van der Waals surface area contributed by atoms with Crippen molar-refractivity contribution in [1.29, 1.82) is 0 Å². The summed E-state index contributed by atoms with van der Waals surface area (Å²) in [5.41, 5.74) is 0. The van der Waals surface area contributed by atoms with Gasteiger partial charge >= 0.3 is 19.8 Å². The second-order valence-corrected chi connectivity index (χ2v) is 22.4. The van der Waals surface area contributed by atoms with Crippen molar-refractivity contribution >= 4 is 19.8 Å². The number of rotatable bonds is 54. The molecule has 0 aliphatic rings. The molecule has 0 fully saturated rings. The van der Waals surface area contributed by atoms with Gasteiger partial charge in [0.2, 0.25) is 0 Å². The van der Waals surface area contributed by atoms with Crippen molar-refractivity contribution in [3.8, 4) is 0 Å². The van der Waals surface area contributed by atoms with Crippen LogP contribution in [-0.2, 0) is 32.7 Å². The predicted molar refractivity (Wildman–Crippen MR) is 325 cm³/mol. The Kier molecular flexibility index (Phi) is 53.5. The van der Waals surface area contributed by atoms with E-state index < -0.39 is 26.5 Å². The van der Waals surface area contributed by atoms with E-state index in [2.05, 4.69) is 135 Å². The van der Waals surface area contributed by atoms with Crippen LogP contribution in [0, 0.1) is 0 Å². The van der Waals surface area contributed by atoms with Gasteiger partial charge in [0.1, 0.15) is 19.8 Å². The van der Waals surface area contributed by atoms with Gasteiger partial charge in [-0.2, -0.15) is 0 Å². The first-order chi connectivity index (χ1) is 37.0. The summed E-state index contributed by atoms with van der Waals surface area (Å²) in [7, 11) is 1.46. The molecule has 0 saturated heterocycles. The fraction of sp³-hybridized carbons (Fsp3) is 0.667. The maximum Gasteiger partial charge on any atom is 0.472 e. The van der Waals surface area contributed by atoms with E-state index in [1.165, 1.54) is 77.0 Å². The Morgan fingerprint density at radius 1 is 0.408 bits per heavy atom. The molecule has 9 nitrogen and oxygen atoms in total. The monoisotopic (exact) mass is 1080 g/mol. The largest absolute Gasteiger partial charge is 0.472 e. The number of carbonyl (C=O) groups is 2. The summed E-state index contributed by atoms with van der Waals surface area (Å²) >= 11 is 0. The number of unbranched alkanes of at least 4 members (excludes halogenated alkanes) is 20. The van der Waals surface area contributed by atoms with Crippen LogP contribution in [0.15, 0.2) is 122 Å². The summed E-state index contributed by atoms with van der Waals surface area (Å²) in [4.78, 5) is 35.8. The van der Waals surface area contributed by atoms with Crippen molar-refractivity contribution in [2.75, 3.05) is 47.5 Å². The second-order valence-electron chi connectivity index (χ2n) is 21.0. The summed E-state index contributed by atoms with van der Waals surface area (Å²) in [6.45, 7) is 4.19. The Morgan fingerprint density at radius 2 is 0.711 bits per heavy atom. The normalized spacial score (nSPS) is 14.1. The molecule has 1 N–H and O–H groups in total. The van der Waals surface area contributed by atoms with Gasteiger partial charge in [0.25, 0.3) is 0 Å². The third-order valence-corrected chi connectivity index (χ3v) is 13.5. The lowest BCUT2D eigenvalue weighted by atomic mass is 10.0. The Bertz CT molecular complexity index is 1700. The van der Waals surface area contributed by atoms with Gasteiger partial charge in [-0.05, 0) is 103 Å². The van der Waals surface area contributed by atoms with Gasteiger partial charge in [-0.25, -0.2) is 4.57 Å². The van der Waals surface area contributed by atoms with Gasteiger partial charge in [0.05, 0.1) is 27.7 Å². The molecule has 0 aromatic heterocycles. The molecular weight excluding hydrogens is 966 g/mol. The molecule has 0 aromatic carbocycles. The summed E-state index contributed by atoms with van der Waals surface area (Å²) < 4.78 is 34.6. The topological polar surface area (TPSA) is 108 Å². The fourth-order valence-electron chi connectivity index (χ4n) is 7.89. The lowest BCUT2D eigenvalue weighted by molar-refractivity contribution is -0.870. The minimum absolute atomic E-state index is 0.0240. The molecule has 0 radical (unpaired) electrons. The molecule has 2 atom stereocenters. The van der Waals surface area contributed by atoms with Crippen molar-refractivity contribution in [1.82, 2.24) is 0 Å². The lowest BCUT2D eigenvalue weighted by Crippen LogP contribution is -2.37. The van der Waals surface area contributed by atoms with Crippen LogP contribution in [0.5, 0.6) is 0 Å². The summed E-state index contributed by atoms with van der Waals surface area (Å²) in [6.07, 6.45) is 79.8. The highest BCUT2D eigenvalue weighted by molar-refractivity contribution is 7.47. The lowest BCUT2D eigenvalue weighted by Gasteiger charge is -2.24. The zero-order valence-electron chi connectivity index (χ0n) is 49.2. The number of carbonyl (C=O) groups excluding carboxylic acids is 2. The highest BCUT2D eigenvalue weighted by Crippen LogP contribution is 2.43. The van der Waals surface area contributed by atoms with Gasteiger partial charge in [-0.1, -0.05) is 238 Å². The maximum atomic E-state index is 12.8. The van der Waals surface area contributed by atoms with E-state index in [0.717, 1.165) is 122 Å². The van der Waals surface area contributed by atoms with E-state index in [-0.39, 0.29) is 32.0 Å². The molecule has 434 valence electrons. The number of phosphoric ester groups is 1. The highest BCUT2D eigenvalue weighted by atomic mass is 31.2. The number of allylic oxidation sites excluding steroid dienone is 20. The van der Waals surface area contributed by atoms with Crippen molar-refractivity contribution in [2.45, 2.75) is 238 Å². The third kappa shape index (κ3) is 59.7. The minimum atomic E-state index is -4.40. The van der Waals surface area contributed by atoms with Crippen molar-refractivity contribution in [3.05, 3.63) is 122 Å². The second kappa shape index (κ2) is 56.1. The van der Waals surface area contributed by atoms with Gasteiger partial charge in [0, 0.05) is 12.8 Å². The number of esters is 2. The molecule has 0 rings (SSSR count). The van der Waals surface area contributed by atoms with E-state index >= 15 is 0 Å². The molecule has 0 bridgehead atoms. The van der Waals surface area contributed by atoms with Crippen molar-refractivity contribution in [2.24, 2.45) is 0 Å². The molecule has 76 heavy (non-hydrogen) atoms. The average Bonchev–Trinajstić information content (AvgIpc) is 3.38.